The van der Waals surface area contributed by atoms with Gasteiger partial charge in [0.15, 0.2) is 0 Å². The van der Waals surface area contributed by atoms with Crippen molar-refractivity contribution >= 4 is 11.6 Å². The lowest BCUT2D eigenvalue weighted by Crippen LogP contribution is -2.37. The topological polar surface area (TPSA) is 50.8 Å². The predicted octanol–water partition coefficient (Wildman–Crippen LogP) is 2.70. The SMILES string of the molecule is COc1cc(NC(=O)CN2CCc3ccccc3C2)cc(OC)c1. The minimum atomic E-state index is -0.0373. The number of hydrogen-bond donors (Lipinski definition) is 1. The summed E-state index contributed by atoms with van der Waals surface area (Å²) in [7, 11) is 3.18. The van der Waals surface area contributed by atoms with Crippen molar-refractivity contribution in [1.82, 2.24) is 4.90 Å². The Morgan fingerprint density at radius 1 is 1.08 bits per heavy atom. The van der Waals surface area contributed by atoms with Gasteiger partial charge in [-0.1, -0.05) is 24.3 Å². The molecule has 0 atom stereocenters. The fourth-order valence-corrected chi connectivity index (χ4v) is 2.97. The van der Waals surface area contributed by atoms with E-state index < -0.39 is 0 Å². The van der Waals surface area contributed by atoms with Crippen LogP contribution in [0.15, 0.2) is 42.5 Å². The summed E-state index contributed by atoms with van der Waals surface area (Å²) in [5.74, 6) is 1.26. The molecule has 0 aliphatic carbocycles. The lowest BCUT2D eigenvalue weighted by Gasteiger charge is -2.28. The highest BCUT2D eigenvalue weighted by atomic mass is 16.5. The number of fused-ring (bicyclic) bond motifs is 1. The molecule has 2 aromatic carbocycles. The largest absolute Gasteiger partial charge is 0.497 e. The van der Waals surface area contributed by atoms with Crippen LogP contribution < -0.4 is 14.8 Å². The first-order chi connectivity index (χ1) is 11.7. The maximum absolute atomic E-state index is 12.4. The van der Waals surface area contributed by atoms with Gasteiger partial charge in [0.1, 0.15) is 11.5 Å². The second-order valence-corrected chi connectivity index (χ2v) is 5.88. The Hall–Kier alpha value is -2.53. The number of ether oxygens (including phenoxy) is 2. The molecule has 0 radical (unpaired) electrons. The summed E-state index contributed by atoms with van der Waals surface area (Å²) in [5, 5.41) is 2.92. The van der Waals surface area contributed by atoms with Crippen LogP contribution in [0.3, 0.4) is 0 Å². The average Bonchev–Trinajstić information content (AvgIpc) is 2.61. The Kier molecular flexibility index (Phi) is 5.01. The molecule has 1 N–H and O–H groups in total. The van der Waals surface area contributed by atoms with Crippen molar-refractivity contribution in [3.05, 3.63) is 53.6 Å². The Morgan fingerprint density at radius 2 is 1.75 bits per heavy atom. The molecule has 0 saturated carbocycles. The molecular weight excluding hydrogens is 304 g/mol. The Morgan fingerprint density at radius 3 is 2.42 bits per heavy atom. The number of methoxy groups -OCH3 is 2. The number of amides is 1. The molecule has 126 valence electrons. The maximum atomic E-state index is 12.4. The van der Waals surface area contributed by atoms with Crippen molar-refractivity contribution < 1.29 is 14.3 Å². The van der Waals surface area contributed by atoms with Crippen molar-refractivity contribution in [3.8, 4) is 11.5 Å². The number of carbonyl (C=O) groups excluding carboxylic acids is 1. The van der Waals surface area contributed by atoms with Gasteiger partial charge < -0.3 is 14.8 Å². The molecule has 3 rings (SSSR count). The summed E-state index contributed by atoms with van der Waals surface area (Å²) < 4.78 is 10.5. The third-order valence-electron chi connectivity index (χ3n) is 4.21. The van der Waals surface area contributed by atoms with E-state index in [0.717, 1.165) is 19.5 Å². The molecule has 0 unspecified atom stereocenters. The van der Waals surface area contributed by atoms with Crippen LogP contribution in [-0.4, -0.2) is 38.1 Å². The Bertz CT molecular complexity index is 708. The molecule has 0 aromatic heterocycles. The fourth-order valence-electron chi connectivity index (χ4n) is 2.97. The van der Waals surface area contributed by atoms with E-state index in [1.54, 1.807) is 32.4 Å². The summed E-state index contributed by atoms with van der Waals surface area (Å²) in [5.41, 5.74) is 3.36. The Labute approximate surface area is 142 Å². The zero-order valence-corrected chi connectivity index (χ0v) is 14.0. The zero-order chi connectivity index (χ0) is 16.9. The van der Waals surface area contributed by atoms with Gasteiger partial charge in [0.05, 0.1) is 20.8 Å². The molecule has 1 amide bonds. The van der Waals surface area contributed by atoms with Crippen LogP contribution in [0.1, 0.15) is 11.1 Å². The van der Waals surface area contributed by atoms with Gasteiger partial charge in [-0.2, -0.15) is 0 Å². The number of benzene rings is 2. The smallest absolute Gasteiger partial charge is 0.238 e. The van der Waals surface area contributed by atoms with Crippen LogP contribution >= 0.6 is 0 Å². The van der Waals surface area contributed by atoms with Crippen LogP contribution in [0, 0.1) is 0 Å². The van der Waals surface area contributed by atoms with Gasteiger partial charge in [0.2, 0.25) is 5.91 Å². The maximum Gasteiger partial charge on any atom is 0.238 e. The molecule has 1 heterocycles. The number of rotatable bonds is 5. The fraction of sp³-hybridized carbons (Fsp3) is 0.316. The summed E-state index contributed by atoms with van der Waals surface area (Å²) in [6.45, 7) is 2.07. The van der Waals surface area contributed by atoms with Crippen LogP contribution in [0.25, 0.3) is 0 Å². The highest BCUT2D eigenvalue weighted by molar-refractivity contribution is 5.92. The van der Waals surface area contributed by atoms with Crippen molar-refractivity contribution in [1.29, 1.82) is 0 Å². The van der Waals surface area contributed by atoms with Gasteiger partial charge in [-0.05, 0) is 17.5 Å². The number of nitrogens with one attached hydrogen (secondary N) is 1. The summed E-state index contributed by atoms with van der Waals surface area (Å²) in [4.78, 5) is 14.5. The molecule has 5 nitrogen and oxygen atoms in total. The first-order valence-corrected chi connectivity index (χ1v) is 8.00. The van der Waals surface area contributed by atoms with Crippen LogP contribution in [0.4, 0.5) is 5.69 Å². The molecular formula is C19H22N2O3. The van der Waals surface area contributed by atoms with Crippen molar-refractivity contribution in [3.63, 3.8) is 0 Å². The number of anilines is 1. The molecule has 1 aliphatic rings. The number of hydrogen-bond acceptors (Lipinski definition) is 4. The van der Waals surface area contributed by atoms with Gasteiger partial charge in [-0.3, -0.25) is 9.69 Å². The normalized spacial score (nSPS) is 13.9. The van der Waals surface area contributed by atoms with Crippen LogP contribution in [-0.2, 0) is 17.8 Å². The van der Waals surface area contributed by atoms with E-state index in [0.29, 0.717) is 23.7 Å². The minimum absolute atomic E-state index is 0.0373. The molecule has 0 bridgehead atoms. The van der Waals surface area contributed by atoms with Crippen molar-refractivity contribution in [2.75, 3.05) is 32.6 Å². The molecule has 0 fully saturated rings. The van der Waals surface area contributed by atoms with E-state index in [-0.39, 0.29) is 5.91 Å². The molecule has 0 saturated heterocycles. The highest BCUT2D eigenvalue weighted by Crippen LogP contribution is 2.26. The lowest BCUT2D eigenvalue weighted by molar-refractivity contribution is -0.117. The van der Waals surface area contributed by atoms with E-state index in [2.05, 4.69) is 28.4 Å². The van der Waals surface area contributed by atoms with E-state index in [4.69, 9.17) is 9.47 Å². The van der Waals surface area contributed by atoms with Crippen LogP contribution in [0.5, 0.6) is 11.5 Å². The molecule has 2 aromatic rings. The summed E-state index contributed by atoms with van der Waals surface area (Å²) >= 11 is 0. The first-order valence-electron chi connectivity index (χ1n) is 8.00. The van der Waals surface area contributed by atoms with E-state index >= 15 is 0 Å². The molecule has 24 heavy (non-hydrogen) atoms. The van der Waals surface area contributed by atoms with Crippen molar-refractivity contribution in [2.45, 2.75) is 13.0 Å². The quantitative estimate of drug-likeness (QED) is 0.918. The standard InChI is InChI=1S/C19H22N2O3/c1-23-17-9-16(10-18(11-17)24-2)20-19(22)13-21-8-7-14-5-3-4-6-15(14)12-21/h3-6,9-11H,7-8,12-13H2,1-2H3,(H,20,22). The van der Waals surface area contributed by atoms with Gasteiger partial charge in [-0.15, -0.1) is 0 Å². The monoisotopic (exact) mass is 326 g/mol. The van der Waals surface area contributed by atoms with E-state index in [1.807, 2.05) is 6.07 Å². The summed E-state index contributed by atoms with van der Waals surface area (Å²) in [6.07, 6.45) is 0.983. The van der Waals surface area contributed by atoms with Gasteiger partial charge in [-0.25, -0.2) is 0 Å². The molecule has 0 spiro atoms. The van der Waals surface area contributed by atoms with Crippen molar-refractivity contribution in [2.24, 2.45) is 0 Å². The van der Waals surface area contributed by atoms with E-state index in [9.17, 15) is 4.79 Å². The second-order valence-electron chi connectivity index (χ2n) is 5.88. The number of nitrogens with zero attached hydrogens (tertiary/aromatic N) is 1. The third-order valence-corrected chi connectivity index (χ3v) is 4.21. The van der Waals surface area contributed by atoms with Gasteiger partial charge >= 0.3 is 0 Å². The molecule has 1 aliphatic heterocycles. The van der Waals surface area contributed by atoms with E-state index in [1.165, 1.54) is 11.1 Å². The molecule has 5 heteroatoms. The minimum Gasteiger partial charge on any atom is -0.497 e. The second kappa shape index (κ2) is 7.36. The highest BCUT2D eigenvalue weighted by Gasteiger charge is 2.18. The summed E-state index contributed by atoms with van der Waals surface area (Å²) in [6, 6.07) is 13.7. The average molecular weight is 326 g/mol. The van der Waals surface area contributed by atoms with Gasteiger partial charge in [0, 0.05) is 37.0 Å². The van der Waals surface area contributed by atoms with Crippen LogP contribution in [0.2, 0.25) is 0 Å². The predicted molar refractivity (Wildman–Crippen MR) is 93.6 cm³/mol. The lowest BCUT2D eigenvalue weighted by atomic mass is 10.00. The Balaban J connectivity index is 1.62. The zero-order valence-electron chi connectivity index (χ0n) is 14.0. The third kappa shape index (κ3) is 3.86. The number of carbonyl (C=O) groups is 1. The van der Waals surface area contributed by atoms with Gasteiger partial charge in [0.25, 0.3) is 0 Å². The first kappa shape index (κ1) is 16.3.